The number of benzene rings is 2. The van der Waals surface area contributed by atoms with Crippen molar-refractivity contribution in [2.45, 2.75) is 78.2 Å². The lowest BCUT2D eigenvalue weighted by atomic mass is 9.73. The van der Waals surface area contributed by atoms with Crippen molar-refractivity contribution in [2.24, 2.45) is 0 Å². The maximum Gasteiger partial charge on any atom is 0.0424 e. The summed E-state index contributed by atoms with van der Waals surface area (Å²) < 4.78 is 0. The Morgan fingerprint density at radius 3 is 1.87 bits per heavy atom. The fraction of sp³-hybridized carbons (Fsp3) is 0.545. The molecule has 0 amide bonds. The second-order valence-electron chi connectivity index (χ2n) is 8.14. The predicted octanol–water partition coefficient (Wildman–Crippen LogP) is 6.91. The van der Waals surface area contributed by atoms with Crippen LogP contribution in [-0.2, 0) is 5.41 Å². The molecule has 2 rings (SSSR count). The molecule has 2 aromatic rings. The lowest BCUT2D eigenvalue weighted by Gasteiger charge is -2.32. The second-order valence-corrected chi connectivity index (χ2v) is 8.14. The van der Waals surface area contributed by atoms with Crippen LogP contribution in [0.3, 0.4) is 0 Å². The molecule has 0 aromatic heterocycles. The van der Waals surface area contributed by atoms with E-state index >= 15 is 0 Å². The van der Waals surface area contributed by atoms with Crippen molar-refractivity contribution in [1.82, 2.24) is 0 Å². The van der Waals surface area contributed by atoms with Crippen molar-refractivity contribution in [3.63, 3.8) is 0 Å². The maximum absolute atomic E-state index is 3.67. The summed E-state index contributed by atoms with van der Waals surface area (Å²) in [6.45, 7) is 13.7. The fourth-order valence-electron chi connectivity index (χ4n) is 3.84. The van der Waals surface area contributed by atoms with Crippen molar-refractivity contribution < 1.29 is 0 Å². The average molecular weight is 312 g/mol. The smallest absolute Gasteiger partial charge is 0.0424 e. The minimum atomic E-state index is 0.0699. The van der Waals surface area contributed by atoms with Gasteiger partial charge in [-0.05, 0) is 56.0 Å². The molecule has 0 aliphatic carbocycles. The van der Waals surface area contributed by atoms with E-state index in [0.717, 1.165) is 0 Å². The predicted molar refractivity (Wildman–Crippen MR) is 104 cm³/mol. The van der Waals surface area contributed by atoms with Crippen LogP contribution in [0.5, 0.6) is 0 Å². The zero-order valence-electron chi connectivity index (χ0n) is 15.8. The van der Waals surface area contributed by atoms with Crippen LogP contribution in [0.1, 0.15) is 72.8 Å². The third kappa shape index (κ3) is 4.07. The molecule has 0 aliphatic heterocycles. The molecule has 23 heavy (non-hydrogen) atoms. The average Bonchev–Trinajstić information content (AvgIpc) is 2.46. The molecule has 0 unspecified atom stereocenters. The van der Waals surface area contributed by atoms with Gasteiger partial charge in [0.25, 0.3) is 0 Å². The molecule has 0 atom stereocenters. The number of anilines is 1. The molecule has 0 spiro atoms. The lowest BCUT2D eigenvalue weighted by Crippen LogP contribution is -2.26. The minimum absolute atomic E-state index is 0.0699. The highest BCUT2D eigenvalue weighted by atomic mass is 14.9. The van der Waals surface area contributed by atoms with Gasteiger partial charge in [0.05, 0.1) is 0 Å². The zero-order chi connectivity index (χ0) is 17.1. The van der Waals surface area contributed by atoms with Crippen molar-refractivity contribution in [3.05, 3.63) is 42.0 Å². The summed E-state index contributed by atoms with van der Waals surface area (Å²) in [5.74, 6) is 0. The molecule has 2 aromatic carbocycles. The number of nitrogens with one attached hydrogen (secondary N) is 1. The first-order chi connectivity index (χ1) is 10.8. The van der Waals surface area contributed by atoms with Gasteiger partial charge in [-0.25, -0.2) is 0 Å². The topological polar surface area (TPSA) is 12.0 Å². The lowest BCUT2D eigenvalue weighted by molar-refractivity contribution is 0.395. The Kier molecular flexibility index (Phi) is 5.39. The van der Waals surface area contributed by atoms with Crippen molar-refractivity contribution in [2.75, 3.05) is 5.32 Å². The standard InChI is InChI=1S/C22H33N/c1-7-15-22(6,16-8-2)19-13-14-20(23-21(3,4)5)18-12-10-9-11-17(18)19/h9-14,23H,7-8,15-16H2,1-6H3. The third-order valence-electron chi connectivity index (χ3n) is 4.69. The first-order valence-electron chi connectivity index (χ1n) is 9.11. The highest BCUT2D eigenvalue weighted by Crippen LogP contribution is 2.40. The van der Waals surface area contributed by atoms with Gasteiger partial charge >= 0.3 is 0 Å². The van der Waals surface area contributed by atoms with Crippen LogP contribution in [-0.4, -0.2) is 5.54 Å². The van der Waals surface area contributed by atoms with Crippen molar-refractivity contribution in [1.29, 1.82) is 0 Å². The van der Waals surface area contributed by atoms with Gasteiger partial charge in [-0.3, -0.25) is 0 Å². The molecule has 0 bridgehead atoms. The number of rotatable bonds is 6. The number of fused-ring (bicyclic) bond motifs is 1. The Hall–Kier alpha value is -1.50. The highest BCUT2D eigenvalue weighted by Gasteiger charge is 2.27. The normalized spacial score (nSPS) is 12.6. The van der Waals surface area contributed by atoms with E-state index < -0.39 is 0 Å². The van der Waals surface area contributed by atoms with E-state index in [4.69, 9.17) is 0 Å². The Bertz CT molecular complexity index is 643. The van der Waals surface area contributed by atoms with Crippen LogP contribution < -0.4 is 5.32 Å². The monoisotopic (exact) mass is 311 g/mol. The van der Waals surface area contributed by atoms with Gasteiger partial charge in [0.15, 0.2) is 0 Å². The minimum Gasteiger partial charge on any atom is -0.380 e. The molecule has 0 saturated carbocycles. The molecule has 0 fully saturated rings. The Balaban J connectivity index is 2.61. The zero-order valence-corrected chi connectivity index (χ0v) is 15.8. The maximum atomic E-state index is 3.67. The highest BCUT2D eigenvalue weighted by molar-refractivity contribution is 5.97. The summed E-state index contributed by atoms with van der Waals surface area (Å²) in [6.07, 6.45) is 4.95. The fourth-order valence-corrected chi connectivity index (χ4v) is 3.84. The Morgan fingerprint density at radius 2 is 1.35 bits per heavy atom. The first kappa shape index (κ1) is 17.8. The van der Waals surface area contributed by atoms with E-state index in [1.54, 1.807) is 0 Å². The van der Waals surface area contributed by atoms with Crippen LogP contribution >= 0.6 is 0 Å². The quantitative estimate of drug-likeness (QED) is 0.611. The van der Waals surface area contributed by atoms with Gasteiger partial charge in [0.2, 0.25) is 0 Å². The number of hydrogen-bond donors (Lipinski definition) is 1. The van der Waals surface area contributed by atoms with Gasteiger partial charge in [-0.2, -0.15) is 0 Å². The molecule has 0 heterocycles. The van der Waals surface area contributed by atoms with E-state index in [9.17, 15) is 0 Å². The Morgan fingerprint density at radius 1 is 0.783 bits per heavy atom. The van der Waals surface area contributed by atoms with E-state index in [2.05, 4.69) is 83.3 Å². The summed E-state index contributed by atoms with van der Waals surface area (Å²) in [4.78, 5) is 0. The summed E-state index contributed by atoms with van der Waals surface area (Å²) in [6, 6.07) is 13.5. The molecule has 1 nitrogen and oxygen atoms in total. The summed E-state index contributed by atoms with van der Waals surface area (Å²) >= 11 is 0. The van der Waals surface area contributed by atoms with Gasteiger partial charge in [0, 0.05) is 16.6 Å². The van der Waals surface area contributed by atoms with E-state index in [1.807, 2.05) is 0 Å². The van der Waals surface area contributed by atoms with Crippen molar-refractivity contribution in [3.8, 4) is 0 Å². The molecular weight excluding hydrogens is 278 g/mol. The molecule has 126 valence electrons. The molecule has 0 saturated heterocycles. The van der Waals surface area contributed by atoms with Crippen LogP contribution in [0.2, 0.25) is 0 Å². The first-order valence-corrected chi connectivity index (χ1v) is 9.11. The molecule has 0 radical (unpaired) electrons. The summed E-state index contributed by atoms with van der Waals surface area (Å²) in [5.41, 5.74) is 3.09. The van der Waals surface area contributed by atoms with Gasteiger partial charge in [0.1, 0.15) is 0 Å². The van der Waals surface area contributed by atoms with Gasteiger partial charge < -0.3 is 5.32 Å². The van der Waals surface area contributed by atoms with Crippen LogP contribution in [0.4, 0.5) is 5.69 Å². The van der Waals surface area contributed by atoms with E-state index in [0.29, 0.717) is 0 Å². The largest absolute Gasteiger partial charge is 0.380 e. The molecule has 1 heteroatoms. The number of hydrogen-bond acceptors (Lipinski definition) is 1. The third-order valence-corrected chi connectivity index (χ3v) is 4.69. The van der Waals surface area contributed by atoms with Crippen molar-refractivity contribution >= 4 is 16.5 Å². The van der Waals surface area contributed by atoms with E-state index in [-0.39, 0.29) is 11.0 Å². The van der Waals surface area contributed by atoms with E-state index in [1.165, 1.54) is 47.7 Å². The van der Waals surface area contributed by atoms with Crippen LogP contribution in [0.25, 0.3) is 10.8 Å². The molecule has 1 N–H and O–H groups in total. The van der Waals surface area contributed by atoms with Crippen LogP contribution in [0, 0.1) is 0 Å². The SMILES string of the molecule is CCCC(C)(CCC)c1ccc(NC(C)(C)C)c2ccccc12. The summed E-state index contributed by atoms with van der Waals surface area (Å²) in [5, 5.41) is 6.42. The Labute approximate surface area is 142 Å². The van der Waals surface area contributed by atoms with Gasteiger partial charge in [-0.1, -0.05) is 63.9 Å². The molecule has 0 aliphatic rings. The van der Waals surface area contributed by atoms with Crippen LogP contribution in [0.15, 0.2) is 36.4 Å². The summed E-state index contributed by atoms with van der Waals surface area (Å²) in [7, 11) is 0. The molecular formula is C22H33N. The van der Waals surface area contributed by atoms with Gasteiger partial charge in [-0.15, -0.1) is 0 Å². The second kappa shape index (κ2) is 6.95.